The van der Waals surface area contributed by atoms with Crippen LogP contribution in [0.1, 0.15) is 47.7 Å². The van der Waals surface area contributed by atoms with Gasteiger partial charge in [-0.05, 0) is 49.6 Å². The topological polar surface area (TPSA) is 26.3 Å². The van der Waals surface area contributed by atoms with Crippen LogP contribution in [-0.4, -0.2) is 5.97 Å². The van der Waals surface area contributed by atoms with Gasteiger partial charge in [-0.1, -0.05) is 49.6 Å². The summed E-state index contributed by atoms with van der Waals surface area (Å²) in [6.45, 7) is 4.19. The van der Waals surface area contributed by atoms with Crippen LogP contribution >= 0.6 is 0 Å². The Labute approximate surface area is 126 Å². The predicted molar refractivity (Wildman–Crippen MR) is 85.8 cm³/mol. The quantitative estimate of drug-likeness (QED) is 0.426. The van der Waals surface area contributed by atoms with Gasteiger partial charge in [0.25, 0.3) is 0 Å². The van der Waals surface area contributed by atoms with Crippen molar-refractivity contribution in [2.24, 2.45) is 0 Å². The first kappa shape index (κ1) is 15.3. The lowest BCUT2D eigenvalue weighted by Crippen LogP contribution is -2.08. The van der Waals surface area contributed by atoms with Crippen molar-refractivity contribution < 1.29 is 9.53 Å². The highest BCUT2D eigenvalue weighted by atomic mass is 16.5. The Hall–Kier alpha value is -2.09. The third-order valence-electron chi connectivity index (χ3n) is 3.49. The van der Waals surface area contributed by atoms with Crippen molar-refractivity contribution >= 4 is 5.97 Å². The molecule has 0 aromatic heterocycles. The zero-order valence-corrected chi connectivity index (χ0v) is 12.8. The van der Waals surface area contributed by atoms with Crippen molar-refractivity contribution in [3.63, 3.8) is 0 Å². The van der Waals surface area contributed by atoms with E-state index in [0.29, 0.717) is 11.3 Å². The fraction of sp³-hybridized carbons (Fsp3) is 0.316. The number of esters is 1. The molecule has 0 saturated carbocycles. The van der Waals surface area contributed by atoms with Crippen molar-refractivity contribution in [3.05, 3.63) is 65.2 Å². The van der Waals surface area contributed by atoms with Crippen LogP contribution in [0.5, 0.6) is 5.75 Å². The van der Waals surface area contributed by atoms with E-state index in [1.165, 1.54) is 24.8 Å². The van der Waals surface area contributed by atoms with Gasteiger partial charge in [0.2, 0.25) is 0 Å². The molecule has 0 aliphatic rings. The third-order valence-corrected chi connectivity index (χ3v) is 3.49. The van der Waals surface area contributed by atoms with Gasteiger partial charge < -0.3 is 4.74 Å². The molecule has 0 atom stereocenters. The van der Waals surface area contributed by atoms with E-state index in [1.807, 2.05) is 43.3 Å². The van der Waals surface area contributed by atoms with E-state index in [0.717, 1.165) is 12.0 Å². The smallest absolute Gasteiger partial charge is 0.343 e. The number of carbonyl (C=O) groups excluding carboxylic acids is 1. The number of carbonyl (C=O) groups is 1. The predicted octanol–water partition coefficient (Wildman–Crippen LogP) is 4.95. The van der Waals surface area contributed by atoms with E-state index in [9.17, 15) is 4.79 Å². The second-order valence-electron chi connectivity index (χ2n) is 5.36. The molecule has 2 nitrogen and oxygen atoms in total. The van der Waals surface area contributed by atoms with Crippen LogP contribution in [0.25, 0.3) is 0 Å². The number of unbranched alkanes of at least 4 members (excludes halogenated alkanes) is 2. The van der Waals surface area contributed by atoms with E-state index in [-0.39, 0.29) is 5.97 Å². The molecule has 0 aliphatic heterocycles. The van der Waals surface area contributed by atoms with Gasteiger partial charge in [0.15, 0.2) is 0 Å². The summed E-state index contributed by atoms with van der Waals surface area (Å²) < 4.78 is 5.38. The highest BCUT2D eigenvalue weighted by Crippen LogP contribution is 2.16. The van der Waals surface area contributed by atoms with Gasteiger partial charge in [-0.2, -0.15) is 0 Å². The fourth-order valence-corrected chi connectivity index (χ4v) is 2.16. The third kappa shape index (κ3) is 4.75. The van der Waals surface area contributed by atoms with Crippen LogP contribution < -0.4 is 4.74 Å². The molecule has 0 amide bonds. The number of ether oxygens (including phenoxy) is 1. The molecule has 0 bridgehead atoms. The fourth-order valence-electron chi connectivity index (χ4n) is 2.16. The minimum Gasteiger partial charge on any atom is -0.423 e. The Morgan fingerprint density at radius 2 is 1.62 bits per heavy atom. The van der Waals surface area contributed by atoms with E-state index >= 15 is 0 Å². The Kier molecular flexibility index (Phi) is 5.56. The van der Waals surface area contributed by atoms with Gasteiger partial charge in [-0.3, -0.25) is 0 Å². The molecule has 0 unspecified atom stereocenters. The van der Waals surface area contributed by atoms with Crippen molar-refractivity contribution in [3.8, 4) is 5.75 Å². The molecule has 2 rings (SSSR count). The zero-order valence-electron chi connectivity index (χ0n) is 12.8. The lowest BCUT2D eigenvalue weighted by atomic mass is 10.1. The second-order valence-corrected chi connectivity index (χ2v) is 5.36. The minimum atomic E-state index is -0.311. The largest absolute Gasteiger partial charge is 0.423 e. The van der Waals surface area contributed by atoms with Crippen LogP contribution in [-0.2, 0) is 6.42 Å². The Bertz CT molecular complexity index is 568. The summed E-state index contributed by atoms with van der Waals surface area (Å²) in [6.07, 6.45) is 4.77. The zero-order chi connectivity index (χ0) is 15.1. The molecule has 0 saturated heterocycles. The summed E-state index contributed by atoms with van der Waals surface area (Å²) in [6, 6.07) is 15.2. The highest BCUT2D eigenvalue weighted by Gasteiger charge is 2.07. The lowest BCUT2D eigenvalue weighted by Gasteiger charge is -2.06. The number of aryl methyl sites for hydroxylation is 2. The molecular weight excluding hydrogens is 260 g/mol. The van der Waals surface area contributed by atoms with Crippen molar-refractivity contribution in [2.45, 2.75) is 39.5 Å². The molecule has 2 heteroatoms. The van der Waals surface area contributed by atoms with Gasteiger partial charge >= 0.3 is 5.97 Å². The van der Waals surface area contributed by atoms with E-state index in [4.69, 9.17) is 4.74 Å². The summed E-state index contributed by atoms with van der Waals surface area (Å²) in [5.41, 5.74) is 2.99. The van der Waals surface area contributed by atoms with Crippen LogP contribution in [0.3, 0.4) is 0 Å². The maximum Gasteiger partial charge on any atom is 0.343 e. The number of hydrogen-bond donors (Lipinski definition) is 0. The van der Waals surface area contributed by atoms with Crippen molar-refractivity contribution in [2.75, 3.05) is 0 Å². The van der Waals surface area contributed by atoms with Crippen LogP contribution in [0, 0.1) is 6.92 Å². The molecule has 0 aliphatic carbocycles. The van der Waals surface area contributed by atoms with Crippen LogP contribution in [0.15, 0.2) is 48.5 Å². The average molecular weight is 282 g/mol. The van der Waals surface area contributed by atoms with E-state index < -0.39 is 0 Å². The van der Waals surface area contributed by atoms with Gasteiger partial charge in [0, 0.05) is 0 Å². The SMILES string of the molecule is CCCCCc1ccc(OC(=O)c2ccc(C)cc2)cc1. The molecular formula is C19H22O2. The lowest BCUT2D eigenvalue weighted by molar-refractivity contribution is 0.0734. The van der Waals surface area contributed by atoms with Crippen LogP contribution in [0.4, 0.5) is 0 Å². The Morgan fingerprint density at radius 3 is 2.24 bits per heavy atom. The standard InChI is InChI=1S/C19H22O2/c1-3-4-5-6-16-9-13-18(14-10-16)21-19(20)17-11-7-15(2)8-12-17/h7-14H,3-6H2,1-2H3. The van der Waals surface area contributed by atoms with Gasteiger partial charge in [0.1, 0.15) is 5.75 Å². The maximum atomic E-state index is 12.0. The maximum absolute atomic E-state index is 12.0. The number of benzene rings is 2. The van der Waals surface area contributed by atoms with Crippen LogP contribution in [0.2, 0.25) is 0 Å². The molecule has 21 heavy (non-hydrogen) atoms. The summed E-state index contributed by atoms with van der Waals surface area (Å²) in [4.78, 5) is 12.0. The molecule has 0 heterocycles. The number of hydrogen-bond acceptors (Lipinski definition) is 2. The molecule has 0 radical (unpaired) electrons. The second kappa shape index (κ2) is 7.63. The monoisotopic (exact) mass is 282 g/mol. The van der Waals surface area contributed by atoms with Gasteiger partial charge in [0.05, 0.1) is 5.56 Å². The first-order valence-electron chi connectivity index (χ1n) is 7.57. The summed E-state index contributed by atoms with van der Waals surface area (Å²) in [5.74, 6) is 0.286. The first-order chi connectivity index (χ1) is 10.2. The summed E-state index contributed by atoms with van der Waals surface area (Å²) >= 11 is 0. The molecule has 0 fully saturated rings. The van der Waals surface area contributed by atoms with Gasteiger partial charge in [-0.15, -0.1) is 0 Å². The van der Waals surface area contributed by atoms with E-state index in [1.54, 1.807) is 12.1 Å². The molecule has 2 aromatic carbocycles. The molecule has 0 spiro atoms. The first-order valence-corrected chi connectivity index (χ1v) is 7.57. The van der Waals surface area contributed by atoms with Crippen molar-refractivity contribution in [1.82, 2.24) is 0 Å². The molecule has 2 aromatic rings. The van der Waals surface area contributed by atoms with Crippen molar-refractivity contribution in [1.29, 1.82) is 0 Å². The van der Waals surface area contributed by atoms with E-state index in [2.05, 4.69) is 6.92 Å². The Morgan fingerprint density at radius 1 is 0.952 bits per heavy atom. The summed E-state index contributed by atoms with van der Waals surface area (Å²) in [5, 5.41) is 0. The minimum absolute atomic E-state index is 0.311. The highest BCUT2D eigenvalue weighted by molar-refractivity contribution is 5.91. The number of rotatable bonds is 6. The average Bonchev–Trinajstić information content (AvgIpc) is 2.50. The molecule has 0 N–H and O–H groups in total. The normalized spacial score (nSPS) is 10.4. The summed E-state index contributed by atoms with van der Waals surface area (Å²) in [7, 11) is 0. The Balaban J connectivity index is 1.93. The molecule has 110 valence electrons. The van der Waals surface area contributed by atoms with Gasteiger partial charge in [-0.25, -0.2) is 4.79 Å².